The van der Waals surface area contributed by atoms with E-state index in [0.717, 1.165) is 19.3 Å². The summed E-state index contributed by atoms with van der Waals surface area (Å²) in [7, 11) is 3.21. The van der Waals surface area contributed by atoms with Crippen molar-refractivity contribution < 1.29 is 14.6 Å². The van der Waals surface area contributed by atoms with Crippen LogP contribution >= 0.6 is 0 Å². The minimum absolute atomic E-state index is 0.373. The summed E-state index contributed by atoms with van der Waals surface area (Å²) >= 11 is 0. The average molecular weight is 200 g/mol. The van der Waals surface area contributed by atoms with Crippen molar-refractivity contribution in [3.05, 3.63) is 0 Å². The predicted molar refractivity (Wildman–Crippen MR) is 52.8 cm³/mol. The molecule has 0 radical (unpaired) electrons. The van der Waals surface area contributed by atoms with Crippen LogP contribution in [0.1, 0.15) is 32.1 Å². The molecule has 3 nitrogen and oxygen atoms in total. The molecule has 3 rings (SSSR count). The molecular formula is C11H20O3. The lowest BCUT2D eigenvalue weighted by molar-refractivity contribution is -0.260. The summed E-state index contributed by atoms with van der Waals surface area (Å²) < 4.78 is 10.4. The van der Waals surface area contributed by atoms with Gasteiger partial charge in [-0.05, 0) is 43.9 Å². The molecule has 3 aliphatic rings. The normalized spacial score (nSPS) is 42.0. The Labute approximate surface area is 85.4 Å². The van der Waals surface area contributed by atoms with Gasteiger partial charge in [0, 0.05) is 14.2 Å². The number of ether oxygens (including phenoxy) is 2. The van der Waals surface area contributed by atoms with Crippen molar-refractivity contribution in [2.45, 2.75) is 44.0 Å². The van der Waals surface area contributed by atoms with Gasteiger partial charge in [0.15, 0.2) is 6.29 Å². The SMILES string of the molecule is COC(OC)C1(O)CC2CCC1CC2. The number of methoxy groups -OCH3 is 2. The van der Waals surface area contributed by atoms with Crippen molar-refractivity contribution in [2.24, 2.45) is 11.8 Å². The smallest absolute Gasteiger partial charge is 0.185 e. The minimum atomic E-state index is -0.731. The van der Waals surface area contributed by atoms with Gasteiger partial charge < -0.3 is 14.6 Å². The lowest BCUT2D eigenvalue weighted by atomic mass is 9.62. The molecule has 0 aliphatic heterocycles. The van der Waals surface area contributed by atoms with Gasteiger partial charge in [-0.25, -0.2) is 0 Å². The summed E-state index contributed by atoms with van der Waals surface area (Å²) in [6, 6.07) is 0. The Morgan fingerprint density at radius 1 is 1.14 bits per heavy atom. The van der Waals surface area contributed by atoms with E-state index in [1.165, 1.54) is 12.8 Å². The van der Waals surface area contributed by atoms with Crippen molar-refractivity contribution in [3.8, 4) is 0 Å². The van der Waals surface area contributed by atoms with Gasteiger partial charge in [-0.1, -0.05) is 0 Å². The van der Waals surface area contributed by atoms with E-state index >= 15 is 0 Å². The Balaban J connectivity index is 2.14. The number of hydrogen-bond acceptors (Lipinski definition) is 3. The molecule has 0 heterocycles. The molecule has 0 saturated heterocycles. The van der Waals surface area contributed by atoms with Crippen molar-refractivity contribution >= 4 is 0 Å². The predicted octanol–water partition coefficient (Wildman–Crippen LogP) is 1.55. The first-order valence-electron chi connectivity index (χ1n) is 5.48. The van der Waals surface area contributed by atoms with Gasteiger partial charge in [-0.3, -0.25) is 0 Å². The third-order valence-corrected chi connectivity index (χ3v) is 4.01. The van der Waals surface area contributed by atoms with Gasteiger partial charge in [0.25, 0.3) is 0 Å². The molecule has 0 aromatic rings. The molecule has 0 spiro atoms. The van der Waals surface area contributed by atoms with E-state index in [1.54, 1.807) is 14.2 Å². The van der Waals surface area contributed by atoms with Gasteiger partial charge in [-0.2, -0.15) is 0 Å². The van der Waals surface area contributed by atoms with Crippen molar-refractivity contribution in [1.82, 2.24) is 0 Å². The maximum atomic E-state index is 10.6. The third-order valence-electron chi connectivity index (χ3n) is 4.01. The first-order valence-corrected chi connectivity index (χ1v) is 5.48. The largest absolute Gasteiger partial charge is 0.384 e. The highest BCUT2D eigenvalue weighted by Gasteiger charge is 2.51. The van der Waals surface area contributed by atoms with Crippen LogP contribution in [0.3, 0.4) is 0 Å². The molecule has 3 heteroatoms. The molecule has 3 aliphatic carbocycles. The molecule has 1 atom stereocenters. The monoisotopic (exact) mass is 200 g/mol. The Bertz CT molecular complexity index is 191. The minimum Gasteiger partial charge on any atom is -0.384 e. The van der Waals surface area contributed by atoms with Crippen molar-refractivity contribution in [3.63, 3.8) is 0 Å². The molecule has 1 N–H and O–H groups in total. The van der Waals surface area contributed by atoms with E-state index in [9.17, 15) is 5.11 Å². The van der Waals surface area contributed by atoms with Crippen LogP contribution in [0.25, 0.3) is 0 Å². The summed E-state index contributed by atoms with van der Waals surface area (Å²) in [5.41, 5.74) is -0.731. The van der Waals surface area contributed by atoms with Crippen LogP contribution in [-0.2, 0) is 9.47 Å². The zero-order valence-electron chi connectivity index (χ0n) is 9.03. The van der Waals surface area contributed by atoms with Gasteiger partial charge in [0.2, 0.25) is 0 Å². The topological polar surface area (TPSA) is 38.7 Å². The molecule has 0 aromatic heterocycles. The fourth-order valence-electron chi connectivity index (χ4n) is 3.29. The quantitative estimate of drug-likeness (QED) is 0.702. The van der Waals surface area contributed by atoms with Crippen LogP contribution in [0.15, 0.2) is 0 Å². The van der Waals surface area contributed by atoms with E-state index in [0.29, 0.717) is 11.8 Å². The Hall–Kier alpha value is -0.120. The fourth-order valence-corrected chi connectivity index (χ4v) is 3.29. The van der Waals surface area contributed by atoms with Gasteiger partial charge in [0.1, 0.15) is 5.60 Å². The number of aliphatic hydroxyl groups is 1. The van der Waals surface area contributed by atoms with Gasteiger partial charge in [-0.15, -0.1) is 0 Å². The lowest BCUT2D eigenvalue weighted by Gasteiger charge is -2.50. The molecule has 3 saturated carbocycles. The Morgan fingerprint density at radius 3 is 2.07 bits per heavy atom. The van der Waals surface area contributed by atoms with Crippen LogP contribution in [0.2, 0.25) is 0 Å². The zero-order chi connectivity index (χ0) is 10.2. The van der Waals surface area contributed by atoms with Crippen molar-refractivity contribution in [2.75, 3.05) is 14.2 Å². The second kappa shape index (κ2) is 3.80. The van der Waals surface area contributed by atoms with Crippen molar-refractivity contribution in [1.29, 1.82) is 0 Å². The second-order valence-corrected chi connectivity index (χ2v) is 4.72. The van der Waals surface area contributed by atoms with Crippen LogP contribution in [0, 0.1) is 11.8 Å². The van der Waals surface area contributed by atoms with E-state index in [4.69, 9.17) is 9.47 Å². The van der Waals surface area contributed by atoms with Crippen LogP contribution in [0.5, 0.6) is 0 Å². The zero-order valence-corrected chi connectivity index (χ0v) is 9.03. The second-order valence-electron chi connectivity index (χ2n) is 4.72. The number of hydrogen-bond donors (Lipinski definition) is 1. The Morgan fingerprint density at radius 2 is 1.71 bits per heavy atom. The maximum Gasteiger partial charge on any atom is 0.185 e. The van der Waals surface area contributed by atoms with E-state index in [1.807, 2.05) is 0 Å². The number of rotatable bonds is 3. The first kappa shape index (κ1) is 10.4. The van der Waals surface area contributed by atoms with E-state index in [-0.39, 0.29) is 0 Å². The summed E-state index contributed by atoms with van der Waals surface area (Å²) in [4.78, 5) is 0. The summed E-state index contributed by atoms with van der Waals surface area (Å²) in [5.74, 6) is 1.05. The lowest BCUT2D eigenvalue weighted by Crippen LogP contribution is -2.56. The van der Waals surface area contributed by atoms with Crippen LogP contribution < -0.4 is 0 Å². The Kier molecular flexibility index (Phi) is 2.82. The third kappa shape index (κ3) is 1.47. The standard InChI is InChI=1S/C11H20O3/c1-13-10(14-2)11(12)7-8-3-5-9(11)6-4-8/h8-10,12H,3-7H2,1-2H3. The molecule has 1 unspecified atom stereocenters. The fraction of sp³-hybridized carbons (Fsp3) is 1.00. The van der Waals surface area contributed by atoms with Crippen LogP contribution in [-0.4, -0.2) is 31.2 Å². The summed E-state index contributed by atoms with van der Waals surface area (Å²) in [5, 5.41) is 10.6. The average Bonchev–Trinajstić information content (AvgIpc) is 2.20. The number of fused-ring (bicyclic) bond motifs is 3. The maximum absolute atomic E-state index is 10.6. The molecule has 0 aromatic carbocycles. The van der Waals surface area contributed by atoms with Gasteiger partial charge in [0.05, 0.1) is 0 Å². The van der Waals surface area contributed by atoms with Crippen LogP contribution in [0.4, 0.5) is 0 Å². The van der Waals surface area contributed by atoms with E-state index < -0.39 is 11.9 Å². The highest BCUT2D eigenvalue weighted by molar-refractivity contribution is 4.99. The highest BCUT2D eigenvalue weighted by Crippen LogP contribution is 2.49. The molecule has 2 bridgehead atoms. The van der Waals surface area contributed by atoms with Gasteiger partial charge >= 0.3 is 0 Å². The summed E-state index contributed by atoms with van der Waals surface area (Å²) in [6.45, 7) is 0. The first-order chi connectivity index (χ1) is 6.70. The van der Waals surface area contributed by atoms with E-state index in [2.05, 4.69) is 0 Å². The molecule has 0 amide bonds. The molecule has 3 fully saturated rings. The molecular weight excluding hydrogens is 180 g/mol. The molecule has 14 heavy (non-hydrogen) atoms. The molecule has 82 valence electrons. The highest BCUT2D eigenvalue weighted by atomic mass is 16.7. The summed E-state index contributed by atoms with van der Waals surface area (Å²) in [6.07, 6.45) is 5.20.